The van der Waals surface area contributed by atoms with Gasteiger partial charge in [0, 0.05) is 17.5 Å². The van der Waals surface area contributed by atoms with Crippen molar-refractivity contribution in [3.63, 3.8) is 0 Å². The van der Waals surface area contributed by atoms with E-state index in [1.165, 1.54) is 19.3 Å². The summed E-state index contributed by atoms with van der Waals surface area (Å²) in [7, 11) is 1.24. The van der Waals surface area contributed by atoms with Gasteiger partial charge in [-0.1, -0.05) is 60.1 Å². The third-order valence-corrected chi connectivity index (χ3v) is 4.10. The lowest BCUT2D eigenvalue weighted by atomic mass is 10.1. The fourth-order valence-corrected chi connectivity index (χ4v) is 2.57. The van der Waals surface area contributed by atoms with Crippen LogP contribution >= 0.6 is 11.6 Å². The maximum absolute atomic E-state index is 12.1. The lowest BCUT2D eigenvalue weighted by Crippen LogP contribution is -2.44. The van der Waals surface area contributed by atoms with Crippen LogP contribution in [0, 0.1) is 0 Å². The quantitative estimate of drug-likeness (QED) is 0.543. The van der Waals surface area contributed by atoms with Gasteiger partial charge in [-0.2, -0.15) is 0 Å². The summed E-state index contributed by atoms with van der Waals surface area (Å²) in [5.74, 6) is -1.89. The number of benzene rings is 2. The molecule has 0 aliphatic rings. The van der Waals surface area contributed by atoms with Crippen molar-refractivity contribution in [3.8, 4) is 0 Å². The average molecular weight is 402 g/mol. The van der Waals surface area contributed by atoms with Crippen LogP contribution in [-0.2, 0) is 30.3 Å². The summed E-state index contributed by atoms with van der Waals surface area (Å²) in [4.78, 5) is 35.7. The molecule has 1 N–H and O–H groups in total. The van der Waals surface area contributed by atoms with Gasteiger partial charge in [-0.15, -0.1) is 0 Å². The number of carbonyl (C=O) groups excluding carboxylic acids is 3. The molecule has 6 nitrogen and oxygen atoms in total. The second kappa shape index (κ2) is 10.9. The van der Waals surface area contributed by atoms with E-state index in [-0.39, 0.29) is 6.42 Å². The van der Waals surface area contributed by atoms with Crippen molar-refractivity contribution in [2.24, 2.45) is 0 Å². The van der Waals surface area contributed by atoms with E-state index in [4.69, 9.17) is 21.1 Å². The Morgan fingerprint density at radius 1 is 1.07 bits per heavy atom. The average Bonchev–Trinajstić information content (AvgIpc) is 2.71. The summed E-state index contributed by atoms with van der Waals surface area (Å²) >= 11 is 5.99. The van der Waals surface area contributed by atoms with Crippen LogP contribution in [0.25, 0.3) is 6.08 Å². The summed E-state index contributed by atoms with van der Waals surface area (Å²) in [6, 6.07) is 15.3. The minimum Gasteiger partial charge on any atom is -0.467 e. The highest BCUT2D eigenvalue weighted by Crippen LogP contribution is 2.16. The Balaban J connectivity index is 1.87. The van der Waals surface area contributed by atoms with E-state index < -0.39 is 30.5 Å². The van der Waals surface area contributed by atoms with Gasteiger partial charge in [-0.05, 0) is 23.3 Å². The summed E-state index contributed by atoms with van der Waals surface area (Å²) < 4.78 is 9.62. The first kappa shape index (κ1) is 21.2. The topological polar surface area (TPSA) is 81.7 Å². The van der Waals surface area contributed by atoms with Gasteiger partial charge in [0.15, 0.2) is 6.61 Å². The fraction of sp³-hybridized carbons (Fsp3) is 0.190. The number of rotatable bonds is 8. The van der Waals surface area contributed by atoms with Gasteiger partial charge in [0.25, 0.3) is 5.91 Å². The minimum atomic E-state index is -0.878. The molecule has 0 spiro atoms. The lowest BCUT2D eigenvalue weighted by molar-refractivity contribution is -0.147. The zero-order valence-electron chi connectivity index (χ0n) is 15.3. The molecule has 0 aromatic heterocycles. The van der Waals surface area contributed by atoms with Crippen LogP contribution < -0.4 is 5.32 Å². The van der Waals surface area contributed by atoms with Gasteiger partial charge >= 0.3 is 11.9 Å². The Bertz CT molecular complexity index is 851. The highest BCUT2D eigenvalue weighted by atomic mass is 35.5. The predicted octanol–water partition coefficient (Wildman–Crippen LogP) is 2.80. The molecule has 7 heteroatoms. The number of nitrogens with one attached hydrogen (secondary N) is 1. The molecule has 1 amide bonds. The first-order valence-electron chi connectivity index (χ1n) is 8.50. The van der Waals surface area contributed by atoms with E-state index in [0.29, 0.717) is 10.6 Å². The van der Waals surface area contributed by atoms with Crippen molar-refractivity contribution in [3.05, 3.63) is 76.8 Å². The van der Waals surface area contributed by atoms with E-state index in [0.717, 1.165) is 5.56 Å². The SMILES string of the molecule is COC(=O)[C@H](Cc1ccccc1)NC(=O)COC(=O)/C=C/c1ccccc1Cl. The zero-order valence-corrected chi connectivity index (χ0v) is 16.0. The Labute approximate surface area is 168 Å². The molecule has 146 valence electrons. The number of methoxy groups -OCH3 is 1. The van der Waals surface area contributed by atoms with Crippen LogP contribution in [0.3, 0.4) is 0 Å². The third kappa shape index (κ3) is 6.89. The van der Waals surface area contributed by atoms with Crippen LogP contribution in [0.5, 0.6) is 0 Å². The number of hydrogen-bond donors (Lipinski definition) is 1. The van der Waals surface area contributed by atoms with Crippen LogP contribution in [-0.4, -0.2) is 37.6 Å². The highest BCUT2D eigenvalue weighted by Gasteiger charge is 2.22. The molecular weight excluding hydrogens is 382 g/mol. The van der Waals surface area contributed by atoms with Crippen molar-refractivity contribution in [1.29, 1.82) is 0 Å². The third-order valence-electron chi connectivity index (χ3n) is 3.75. The molecule has 2 rings (SSSR count). The monoisotopic (exact) mass is 401 g/mol. The van der Waals surface area contributed by atoms with Gasteiger partial charge < -0.3 is 14.8 Å². The normalized spacial score (nSPS) is 11.6. The Hall–Kier alpha value is -3.12. The summed E-state index contributed by atoms with van der Waals surface area (Å²) in [5.41, 5.74) is 1.51. The van der Waals surface area contributed by atoms with Gasteiger partial charge in [0.1, 0.15) is 6.04 Å². The number of halogens is 1. The van der Waals surface area contributed by atoms with E-state index in [1.807, 2.05) is 30.3 Å². The highest BCUT2D eigenvalue weighted by molar-refractivity contribution is 6.32. The number of esters is 2. The molecule has 0 saturated carbocycles. The van der Waals surface area contributed by atoms with Crippen LogP contribution in [0.15, 0.2) is 60.7 Å². The van der Waals surface area contributed by atoms with E-state index >= 15 is 0 Å². The van der Waals surface area contributed by atoms with Crippen LogP contribution in [0.2, 0.25) is 5.02 Å². The minimum absolute atomic E-state index is 0.264. The maximum Gasteiger partial charge on any atom is 0.331 e. The smallest absolute Gasteiger partial charge is 0.331 e. The van der Waals surface area contributed by atoms with Gasteiger partial charge in [-0.25, -0.2) is 9.59 Å². The predicted molar refractivity (Wildman–Crippen MR) is 106 cm³/mol. The summed E-state index contributed by atoms with van der Waals surface area (Å²) in [6.07, 6.45) is 2.94. The van der Waals surface area contributed by atoms with Gasteiger partial charge in [-0.3, -0.25) is 4.79 Å². The summed E-state index contributed by atoms with van der Waals surface area (Å²) in [5, 5.41) is 3.01. The summed E-state index contributed by atoms with van der Waals surface area (Å²) in [6.45, 7) is -0.520. The van der Waals surface area contributed by atoms with Crippen molar-refractivity contribution < 1.29 is 23.9 Å². The molecule has 0 aliphatic carbocycles. The molecule has 0 bridgehead atoms. The number of carbonyl (C=O) groups is 3. The number of amides is 1. The molecule has 28 heavy (non-hydrogen) atoms. The van der Waals surface area contributed by atoms with E-state index in [2.05, 4.69) is 5.32 Å². The molecule has 2 aromatic rings. The zero-order chi connectivity index (χ0) is 20.4. The van der Waals surface area contributed by atoms with Crippen molar-refractivity contribution >= 4 is 35.5 Å². The second-order valence-corrected chi connectivity index (χ2v) is 6.20. The Morgan fingerprint density at radius 2 is 1.75 bits per heavy atom. The molecule has 0 radical (unpaired) electrons. The number of hydrogen-bond acceptors (Lipinski definition) is 5. The van der Waals surface area contributed by atoms with Crippen molar-refractivity contribution in [2.45, 2.75) is 12.5 Å². The first-order chi connectivity index (χ1) is 13.5. The van der Waals surface area contributed by atoms with Gasteiger partial charge in [0.05, 0.1) is 7.11 Å². The van der Waals surface area contributed by atoms with Crippen LogP contribution in [0.4, 0.5) is 0 Å². The molecule has 0 heterocycles. The molecule has 2 aromatic carbocycles. The van der Waals surface area contributed by atoms with Crippen molar-refractivity contribution in [2.75, 3.05) is 13.7 Å². The maximum atomic E-state index is 12.1. The van der Waals surface area contributed by atoms with E-state index in [9.17, 15) is 14.4 Å². The fourth-order valence-electron chi connectivity index (χ4n) is 2.37. The first-order valence-corrected chi connectivity index (χ1v) is 8.88. The molecule has 0 saturated heterocycles. The Kier molecular flexibility index (Phi) is 8.24. The van der Waals surface area contributed by atoms with Gasteiger partial charge in [0.2, 0.25) is 0 Å². The van der Waals surface area contributed by atoms with Crippen molar-refractivity contribution in [1.82, 2.24) is 5.32 Å². The molecule has 0 aliphatic heterocycles. The molecule has 1 atom stereocenters. The van der Waals surface area contributed by atoms with Crippen LogP contribution in [0.1, 0.15) is 11.1 Å². The molecular formula is C21H20ClNO5. The Morgan fingerprint density at radius 3 is 2.43 bits per heavy atom. The molecule has 0 fully saturated rings. The van der Waals surface area contributed by atoms with E-state index in [1.54, 1.807) is 24.3 Å². The number of ether oxygens (including phenoxy) is 2. The largest absolute Gasteiger partial charge is 0.467 e. The lowest BCUT2D eigenvalue weighted by Gasteiger charge is -2.16. The molecule has 0 unspecified atom stereocenters. The second-order valence-electron chi connectivity index (χ2n) is 5.80. The standard InChI is InChI=1S/C21H20ClNO5/c1-27-21(26)18(13-15-7-3-2-4-8-15)23-19(24)14-28-20(25)12-11-16-9-5-6-10-17(16)22/h2-12,18H,13-14H2,1H3,(H,23,24)/b12-11+/t18-/m0/s1.